The number of benzene rings is 1. The normalized spacial score (nSPS) is 12.4. The second-order valence-corrected chi connectivity index (χ2v) is 4.87. The molecule has 1 aromatic heterocycles. The zero-order chi connectivity index (χ0) is 14.2. The molecule has 0 amide bonds. The molecule has 2 rings (SSSR count). The second-order valence-electron chi connectivity index (χ2n) is 4.87. The summed E-state index contributed by atoms with van der Waals surface area (Å²) in [5, 5.41) is 0.854. The van der Waals surface area contributed by atoms with Gasteiger partial charge in [-0.15, -0.1) is 0 Å². The van der Waals surface area contributed by atoms with E-state index in [1.165, 1.54) is 6.07 Å². The fourth-order valence-corrected chi connectivity index (χ4v) is 2.34. The molecule has 0 bridgehead atoms. The number of rotatable bonds is 2. The van der Waals surface area contributed by atoms with Crippen LogP contribution in [0, 0.1) is 0 Å². The number of hydrogen-bond donors (Lipinski definition) is 0. The van der Waals surface area contributed by atoms with E-state index in [-0.39, 0.29) is 17.0 Å². The molecule has 0 radical (unpaired) electrons. The standard InChI is InChI=1S/C15H16F3N/c1-4-12-10-7-5-6-8-11(10)13(15(16,17)18)14(19-12)9(2)3/h5-9H,4H2,1-3H3. The van der Waals surface area contributed by atoms with Crippen LogP contribution in [-0.4, -0.2) is 4.98 Å². The first kappa shape index (κ1) is 13.8. The van der Waals surface area contributed by atoms with Crippen LogP contribution in [0.1, 0.15) is 43.6 Å². The predicted octanol–water partition coefficient (Wildman–Crippen LogP) is 4.94. The Bertz CT molecular complexity index is 600. The highest BCUT2D eigenvalue weighted by molar-refractivity contribution is 5.88. The molecule has 102 valence electrons. The van der Waals surface area contributed by atoms with Crippen molar-refractivity contribution in [3.8, 4) is 0 Å². The van der Waals surface area contributed by atoms with Crippen molar-refractivity contribution in [2.24, 2.45) is 0 Å². The molecule has 1 heterocycles. The van der Waals surface area contributed by atoms with E-state index >= 15 is 0 Å². The zero-order valence-corrected chi connectivity index (χ0v) is 11.2. The lowest BCUT2D eigenvalue weighted by molar-refractivity contribution is -0.137. The molecule has 2 aromatic rings. The molecule has 0 aliphatic heterocycles. The van der Waals surface area contributed by atoms with Gasteiger partial charge >= 0.3 is 6.18 Å². The predicted molar refractivity (Wildman–Crippen MR) is 70.2 cm³/mol. The van der Waals surface area contributed by atoms with E-state index in [9.17, 15) is 13.2 Å². The number of fused-ring (bicyclic) bond motifs is 1. The van der Waals surface area contributed by atoms with Gasteiger partial charge in [-0.2, -0.15) is 13.2 Å². The van der Waals surface area contributed by atoms with Crippen LogP contribution in [-0.2, 0) is 12.6 Å². The molecule has 0 atom stereocenters. The molecule has 1 aromatic carbocycles. The number of aryl methyl sites for hydroxylation is 1. The number of alkyl halides is 3. The van der Waals surface area contributed by atoms with Gasteiger partial charge in [-0.05, 0) is 17.7 Å². The third kappa shape index (κ3) is 2.44. The number of nitrogens with zero attached hydrogens (tertiary/aromatic N) is 1. The first-order valence-corrected chi connectivity index (χ1v) is 6.35. The average Bonchev–Trinajstić information content (AvgIpc) is 2.35. The first-order valence-electron chi connectivity index (χ1n) is 6.35. The Hall–Kier alpha value is -1.58. The lowest BCUT2D eigenvalue weighted by Crippen LogP contribution is -2.14. The molecule has 0 N–H and O–H groups in total. The monoisotopic (exact) mass is 267 g/mol. The SMILES string of the molecule is CCc1nc(C(C)C)c(C(F)(F)F)c2ccccc12. The summed E-state index contributed by atoms with van der Waals surface area (Å²) in [6.45, 7) is 5.39. The smallest absolute Gasteiger partial charge is 0.256 e. The van der Waals surface area contributed by atoms with Crippen LogP contribution < -0.4 is 0 Å². The van der Waals surface area contributed by atoms with E-state index in [2.05, 4.69) is 4.98 Å². The largest absolute Gasteiger partial charge is 0.418 e. The summed E-state index contributed by atoms with van der Waals surface area (Å²) < 4.78 is 40.0. The Morgan fingerprint density at radius 2 is 1.68 bits per heavy atom. The Balaban J connectivity index is 2.93. The van der Waals surface area contributed by atoms with Gasteiger partial charge in [0.2, 0.25) is 0 Å². The summed E-state index contributed by atoms with van der Waals surface area (Å²) in [6, 6.07) is 6.63. The number of hydrogen-bond acceptors (Lipinski definition) is 1. The summed E-state index contributed by atoms with van der Waals surface area (Å²) in [7, 11) is 0. The molecule has 0 unspecified atom stereocenters. The maximum atomic E-state index is 13.3. The van der Waals surface area contributed by atoms with Crippen molar-refractivity contribution < 1.29 is 13.2 Å². The molecule has 0 saturated carbocycles. The number of pyridine rings is 1. The summed E-state index contributed by atoms with van der Waals surface area (Å²) >= 11 is 0. The summed E-state index contributed by atoms with van der Waals surface area (Å²) in [4.78, 5) is 4.27. The minimum Gasteiger partial charge on any atom is -0.256 e. The third-order valence-electron chi connectivity index (χ3n) is 3.18. The molecular weight excluding hydrogens is 251 g/mol. The minimum absolute atomic E-state index is 0.142. The number of aromatic nitrogens is 1. The van der Waals surface area contributed by atoms with Crippen LogP contribution in [0.15, 0.2) is 24.3 Å². The van der Waals surface area contributed by atoms with Crippen molar-refractivity contribution in [3.05, 3.63) is 41.2 Å². The maximum absolute atomic E-state index is 13.3. The van der Waals surface area contributed by atoms with Gasteiger partial charge in [-0.25, -0.2) is 0 Å². The van der Waals surface area contributed by atoms with Crippen molar-refractivity contribution in [1.82, 2.24) is 4.98 Å². The highest BCUT2D eigenvalue weighted by Crippen LogP contribution is 2.39. The van der Waals surface area contributed by atoms with E-state index < -0.39 is 11.7 Å². The Morgan fingerprint density at radius 1 is 1.11 bits per heavy atom. The second kappa shape index (κ2) is 4.83. The van der Waals surface area contributed by atoms with Crippen molar-refractivity contribution in [2.75, 3.05) is 0 Å². The van der Waals surface area contributed by atoms with Gasteiger partial charge in [0.05, 0.1) is 11.3 Å². The first-order chi connectivity index (χ1) is 8.86. The molecule has 19 heavy (non-hydrogen) atoms. The van der Waals surface area contributed by atoms with Gasteiger partial charge in [0.25, 0.3) is 0 Å². The molecule has 0 aliphatic carbocycles. The molecule has 0 fully saturated rings. The zero-order valence-electron chi connectivity index (χ0n) is 11.2. The quantitative estimate of drug-likeness (QED) is 0.751. The van der Waals surface area contributed by atoms with Crippen molar-refractivity contribution >= 4 is 10.8 Å². The van der Waals surface area contributed by atoms with Crippen molar-refractivity contribution in [3.63, 3.8) is 0 Å². The van der Waals surface area contributed by atoms with E-state index in [4.69, 9.17) is 0 Å². The van der Waals surface area contributed by atoms with Crippen LogP contribution in [0.25, 0.3) is 10.8 Å². The van der Waals surface area contributed by atoms with Crippen molar-refractivity contribution in [2.45, 2.75) is 39.3 Å². The topological polar surface area (TPSA) is 12.9 Å². The summed E-state index contributed by atoms with van der Waals surface area (Å²) in [6.07, 6.45) is -3.75. The molecule has 4 heteroatoms. The summed E-state index contributed by atoms with van der Waals surface area (Å²) in [5.74, 6) is -0.258. The van der Waals surface area contributed by atoms with Gasteiger partial charge in [-0.3, -0.25) is 4.98 Å². The molecule has 0 saturated heterocycles. The van der Waals surface area contributed by atoms with Gasteiger partial charge < -0.3 is 0 Å². The fraction of sp³-hybridized carbons (Fsp3) is 0.400. The highest BCUT2D eigenvalue weighted by atomic mass is 19.4. The van der Waals surface area contributed by atoms with E-state index in [0.29, 0.717) is 11.8 Å². The van der Waals surface area contributed by atoms with Crippen LogP contribution in [0.5, 0.6) is 0 Å². The van der Waals surface area contributed by atoms with Crippen LogP contribution in [0.2, 0.25) is 0 Å². The van der Waals surface area contributed by atoms with Crippen LogP contribution in [0.4, 0.5) is 13.2 Å². The van der Waals surface area contributed by atoms with Gasteiger partial charge in [0.15, 0.2) is 0 Å². The Labute approximate surface area is 110 Å². The minimum atomic E-state index is -4.38. The maximum Gasteiger partial charge on any atom is 0.418 e. The molecule has 0 aliphatic rings. The lowest BCUT2D eigenvalue weighted by Gasteiger charge is -2.19. The molecular formula is C15H16F3N. The number of halogens is 3. The van der Waals surface area contributed by atoms with Gasteiger partial charge in [-0.1, -0.05) is 45.0 Å². The van der Waals surface area contributed by atoms with Crippen LogP contribution in [0.3, 0.4) is 0 Å². The Morgan fingerprint density at radius 3 is 2.16 bits per heavy atom. The fourth-order valence-electron chi connectivity index (χ4n) is 2.34. The van der Waals surface area contributed by atoms with E-state index in [1.807, 2.05) is 6.92 Å². The highest BCUT2D eigenvalue weighted by Gasteiger charge is 2.37. The summed E-state index contributed by atoms with van der Waals surface area (Å²) in [5.41, 5.74) is 0.283. The van der Waals surface area contributed by atoms with Crippen molar-refractivity contribution in [1.29, 1.82) is 0 Å². The molecule has 1 nitrogen and oxygen atoms in total. The molecule has 0 spiro atoms. The lowest BCUT2D eigenvalue weighted by atomic mass is 9.95. The van der Waals surface area contributed by atoms with Crippen LogP contribution >= 0.6 is 0 Å². The average molecular weight is 267 g/mol. The Kier molecular flexibility index (Phi) is 3.52. The van der Waals surface area contributed by atoms with Gasteiger partial charge in [0, 0.05) is 11.1 Å². The van der Waals surface area contributed by atoms with E-state index in [0.717, 1.165) is 5.69 Å². The van der Waals surface area contributed by atoms with Gasteiger partial charge in [0.1, 0.15) is 0 Å². The van der Waals surface area contributed by atoms with E-state index in [1.54, 1.807) is 32.0 Å². The third-order valence-corrected chi connectivity index (χ3v) is 3.18.